The highest BCUT2D eigenvalue weighted by atomic mass is 35.5. The van der Waals surface area contributed by atoms with Crippen LogP contribution in [0.15, 0.2) is 36.7 Å². The van der Waals surface area contributed by atoms with Gasteiger partial charge in [-0.05, 0) is 31.0 Å². The molecular weight excluding hydrogens is 260 g/mol. The molecule has 0 radical (unpaired) electrons. The Balaban J connectivity index is 2.16. The zero-order valence-electron chi connectivity index (χ0n) is 11.1. The number of hydrogen-bond donors (Lipinski definition) is 1. The van der Waals surface area contributed by atoms with Gasteiger partial charge in [-0.2, -0.15) is 0 Å². The highest BCUT2D eigenvalue weighted by Crippen LogP contribution is 2.28. The van der Waals surface area contributed by atoms with Gasteiger partial charge < -0.3 is 10.1 Å². The van der Waals surface area contributed by atoms with Crippen LogP contribution < -0.4 is 10.1 Å². The first-order valence-corrected chi connectivity index (χ1v) is 6.69. The Morgan fingerprint density at radius 3 is 2.89 bits per heavy atom. The molecule has 0 saturated carbocycles. The lowest BCUT2D eigenvalue weighted by Crippen LogP contribution is -2.00. The maximum absolute atomic E-state index is 5.97. The van der Waals surface area contributed by atoms with E-state index in [9.17, 15) is 0 Å². The number of nitrogens with one attached hydrogen (secondary N) is 1. The first-order valence-electron chi connectivity index (χ1n) is 6.32. The predicted molar refractivity (Wildman–Crippen MR) is 79.3 cm³/mol. The fraction of sp³-hybridized carbons (Fsp3) is 0.267. The summed E-state index contributed by atoms with van der Waals surface area (Å²) in [5, 5.41) is 3.94. The summed E-state index contributed by atoms with van der Waals surface area (Å²) in [5.41, 5.74) is 2.00. The number of pyridine rings is 1. The Kier molecular flexibility index (Phi) is 4.63. The lowest BCUT2D eigenvalue weighted by Gasteiger charge is -2.10. The quantitative estimate of drug-likeness (QED) is 0.862. The van der Waals surface area contributed by atoms with Gasteiger partial charge in [0.15, 0.2) is 0 Å². The van der Waals surface area contributed by atoms with Crippen LogP contribution in [-0.4, -0.2) is 11.5 Å². The van der Waals surface area contributed by atoms with Gasteiger partial charge in [-0.25, -0.2) is 0 Å². The van der Waals surface area contributed by atoms with E-state index in [4.69, 9.17) is 16.3 Å². The van der Waals surface area contributed by atoms with Gasteiger partial charge in [-0.3, -0.25) is 4.98 Å². The van der Waals surface area contributed by atoms with Gasteiger partial charge in [0.05, 0.1) is 18.1 Å². The molecule has 4 heteroatoms. The van der Waals surface area contributed by atoms with Crippen LogP contribution in [-0.2, 0) is 0 Å². The Hall–Kier alpha value is -1.74. The number of rotatable bonds is 5. The number of anilines is 1. The molecule has 1 N–H and O–H groups in total. The van der Waals surface area contributed by atoms with Gasteiger partial charge in [0.2, 0.25) is 0 Å². The van der Waals surface area contributed by atoms with Crippen LogP contribution in [0, 0.1) is 6.92 Å². The van der Waals surface area contributed by atoms with Crippen molar-refractivity contribution in [1.82, 2.24) is 4.98 Å². The van der Waals surface area contributed by atoms with E-state index in [-0.39, 0.29) is 0 Å². The van der Waals surface area contributed by atoms with E-state index in [2.05, 4.69) is 17.2 Å². The zero-order valence-corrected chi connectivity index (χ0v) is 11.9. The number of aromatic nitrogens is 1. The predicted octanol–water partition coefficient (Wildman–Crippen LogP) is 4.66. The van der Waals surface area contributed by atoms with Crippen LogP contribution in [0.25, 0.3) is 0 Å². The maximum atomic E-state index is 5.97. The van der Waals surface area contributed by atoms with E-state index < -0.39 is 0 Å². The van der Waals surface area contributed by atoms with Gasteiger partial charge >= 0.3 is 0 Å². The third-order valence-corrected chi connectivity index (χ3v) is 2.91. The minimum atomic E-state index is 0.661. The van der Waals surface area contributed by atoms with Crippen molar-refractivity contribution in [3.63, 3.8) is 0 Å². The molecule has 0 aliphatic carbocycles. The summed E-state index contributed by atoms with van der Waals surface area (Å²) in [7, 11) is 0. The van der Waals surface area contributed by atoms with Crippen LogP contribution in [0.3, 0.4) is 0 Å². The van der Waals surface area contributed by atoms with Gasteiger partial charge in [-0.1, -0.05) is 24.6 Å². The van der Waals surface area contributed by atoms with Gasteiger partial charge in [0, 0.05) is 17.6 Å². The number of hydrogen-bond acceptors (Lipinski definition) is 3. The lowest BCUT2D eigenvalue weighted by molar-refractivity contribution is 0.477. The molecule has 19 heavy (non-hydrogen) atoms. The van der Waals surface area contributed by atoms with Crippen LogP contribution in [0.2, 0.25) is 5.02 Å². The Morgan fingerprint density at radius 1 is 1.26 bits per heavy atom. The van der Waals surface area contributed by atoms with Crippen LogP contribution in [0.1, 0.15) is 18.9 Å². The maximum Gasteiger partial charge on any atom is 0.147 e. The van der Waals surface area contributed by atoms with E-state index in [1.54, 1.807) is 12.4 Å². The summed E-state index contributed by atoms with van der Waals surface area (Å²) in [6.45, 7) is 5.02. The van der Waals surface area contributed by atoms with E-state index in [1.807, 2.05) is 31.2 Å². The third kappa shape index (κ3) is 3.86. The van der Waals surface area contributed by atoms with Gasteiger partial charge in [0.25, 0.3) is 0 Å². The molecule has 1 heterocycles. The summed E-state index contributed by atoms with van der Waals surface area (Å²) in [6, 6.07) is 7.53. The number of nitrogens with zero attached hydrogens (tertiary/aromatic N) is 1. The summed E-state index contributed by atoms with van der Waals surface area (Å²) in [4.78, 5) is 4.17. The number of benzene rings is 1. The molecule has 1 aromatic heterocycles. The molecule has 0 atom stereocenters. The number of aryl methyl sites for hydroxylation is 1. The van der Waals surface area contributed by atoms with Gasteiger partial charge in [0.1, 0.15) is 11.5 Å². The van der Waals surface area contributed by atoms with Crippen molar-refractivity contribution in [3.05, 3.63) is 47.2 Å². The second kappa shape index (κ2) is 6.43. The summed E-state index contributed by atoms with van der Waals surface area (Å²) in [5.74, 6) is 1.45. The molecule has 0 fully saturated rings. The summed E-state index contributed by atoms with van der Waals surface area (Å²) < 4.78 is 5.82. The number of ether oxygens (including phenoxy) is 1. The molecule has 2 rings (SSSR count). The smallest absolute Gasteiger partial charge is 0.147 e. The van der Waals surface area contributed by atoms with Crippen LogP contribution in [0.5, 0.6) is 11.5 Å². The molecule has 2 aromatic rings. The van der Waals surface area contributed by atoms with Crippen molar-refractivity contribution < 1.29 is 4.74 Å². The number of halogens is 1. The van der Waals surface area contributed by atoms with E-state index in [0.717, 1.165) is 30.0 Å². The topological polar surface area (TPSA) is 34.2 Å². The SMILES string of the molecule is CCCNc1cncc(Oc2cc(Cl)ccc2C)c1. The normalized spacial score (nSPS) is 10.3. The fourth-order valence-corrected chi connectivity index (χ4v) is 1.81. The summed E-state index contributed by atoms with van der Waals surface area (Å²) in [6.07, 6.45) is 4.54. The highest BCUT2D eigenvalue weighted by Gasteiger charge is 2.04. The molecule has 0 amide bonds. The Morgan fingerprint density at radius 2 is 2.11 bits per heavy atom. The Labute approximate surface area is 118 Å². The highest BCUT2D eigenvalue weighted by molar-refractivity contribution is 6.30. The molecule has 1 aromatic carbocycles. The van der Waals surface area contributed by atoms with Crippen molar-refractivity contribution in [2.75, 3.05) is 11.9 Å². The second-order valence-corrected chi connectivity index (χ2v) is 4.78. The van der Waals surface area contributed by atoms with Crippen molar-refractivity contribution in [2.24, 2.45) is 0 Å². The first kappa shape index (κ1) is 13.7. The molecule has 0 saturated heterocycles. The van der Waals surface area contributed by atoms with E-state index in [0.29, 0.717) is 10.8 Å². The van der Waals surface area contributed by atoms with E-state index >= 15 is 0 Å². The Bertz CT molecular complexity index is 558. The van der Waals surface area contributed by atoms with Crippen LogP contribution in [0.4, 0.5) is 5.69 Å². The molecule has 0 aliphatic rings. The standard InChI is InChI=1S/C15H17ClN2O/c1-3-6-18-13-8-14(10-17-9-13)19-15-7-12(16)5-4-11(15)2/h4-5,7-10,18H,3,6H2,1-2H3. The largest absolute Gasteiger partial charge is 0.455 e. The molecule has 100 valence electrons. The average Bonchev–Trinajstić information content (AvgIpc) is 2.41. The molecular formula is C15H17ClN2O. The van der Waals surface area contributed by atoms with E-state index in [1.165, 1.54) is 0 Å². The molecule has 0 unspecified atom stereocenters. The van der Waals surface area contributed by atoms with Crippen molar-refractivity contribution in [1.29, 1.82) is 0 Å². The summed E-state index contributed by atoms with van der Waals surface area (Å²) >= 11 is 5.97. The second-order valence-electron chi connectivity index (χ2n) is 4.35. The first-order chi connectivity index (χ1) is 9.19. The fourth-order valence-electron chi connectivity index (χ4n) is 1.65. The third-order valence-electron chi connectivity index (χ3n) is 2.67. The zero-order chi connectivity index (χ0) is 13.7. The van der Waals surface area contributed by atoms with Crippen molar-refractivity contribution >= 4 is 17.3 Å². The lowest BCUT2D eigenvalue weighted by atomic mass is 10.2. The molecule has 0 spiro atoms. The van der Waals surface area contributed by atoms with Crippen LogP contribution >= 0.6 is 11.6 Å². The molecule has 3 nitrogen and oxygen atoms in total. The minimum Gasteiger partial charge on any atom is -0.455 e. The molecule has 0 aliphatic heterocycles. The van der Waals surface area contributed by atoms with Gasteiger partial charge in [-0.15, -0.1) is 0 Å². The van der Waals surface area contributed by atoms with Crippen molar-refractivity contribution in [3.8, 4) is 11.5 Å². The minimum absolute atomic E-state index is 0.661. The monoisotopic (exact) mass is 276 g/mol. The average molecular weight is 277 g/mol. The van der Waals surface area contributed by atoms with Crippen molar-refractivity contribution in [2.45, 2.75) is 20.3 Å². The molecule has 0 bridgehead atoms.